The Bertz CT molecular complexity index is 789. The number of rotatable bonds is 4. The molecule has 0 aromatic heterocycles. The number of aryl methyl sites for hydroxylation is 1. The lowest BCUT2D eigenvalue weighted by atomic mass is 10.2. The van der Waals surface area contributed by atoms with E-state index >= 15 is 0 Å². The highest BCUT2D eigenvalue weighted by Crippen LogP contribution is 2.27. The molecule has 116 valence electrons. The first-order valence-corrected chi connectivity index (χ1v) is 7.97. The van der Waals surface area contributed by atoms with Gasteiger partial charge in [-0.2, -0.15) is 0 Å². The third-order valence-electron chi connectivity index (χ3n) is 3.08. The van der Waals surface area contributed by atoms with Crippen LogP contribution in [0.4, 0.5) is 9.18 Å². The second kappa shape index (κ2) is 6.15. The second-order valence-electron chi connectivity index (χ2n) is 4.80. The van der Waals surface area contributed by atoms with Crippen molar-refractivity contribution in [2.45, 2.75) is 17.2 Å². The predicted octanol–water partition coefficient (Wildman–Crippen LogP) is 2.27. The van der Waals surface area contributed by atoms with E-state index in [0.29, 0.717) is 0 Å². The molecule has 0 bridgehead atoms. The van der Waals surface area contributed by atoms with E-state index in [2.05, 4.69) is 5.32 Å². The molecule has 0 heterocycles. The lowest BCUT2D eigenvalue weighted by Crippen LogP contribution is -2.37. The van der Waals surface area contributed by atoms with Crippen LogP contribution in [0.25, 0.3) is 0 Å². The number of benzene rings is 2. The summed E-state index contributed by atoms with van der Waals surface area (Å²) in [6.07, 6.45) is 0. The summed E-state index contributed by atoms with van der Waals surface area (Å²) < 4.78 is 38.8. The van der Waals surface area contributed by atoms with Crippen molar-refractivity contribution in [3.8, 4) is 0 Å². The topological polar surface area (TPSA) is 89.3 Å². The number of primary amides is 1. The fourth-order valence-corrected chi connectivity index (χ4v) is 3.57. The van der Waals surface area contributed by atoms with Crippen molar-refractivity contribution in [3.63, 3.8) is 0 Å². The monoisotopic (exact) mass is 322 g/mol. The van der Waals surface area contributed by atoms with Gasteiger partial charge in [0.1, 0.15) is 5.82 Å². The zero-order chi connectivity index (χ0) is 16.3. The molecule has 1 atom stereocenters. The lowest BCUT2D eigenvalue weighted by molar-refractivity contribution is 0.248. The van der Waals surface area contributed by atoms with Crippen LogP contribution in [0, 0.1) is 12.7 Å². The molecular formula is C15H15FN2O3S. The van der Waals surface area contributed by atoms with Gasteiger partial charge < -0.3 is 11.1 Å². The second-order valence-corrected chi connectivity index (χ2v) is 6.83. The Hall–Kier alpha value is -2.41. The van der Waals surface area contributed by atoms with E-state index in [9.17, 15) is 17.6 Å². The number of nitrogens with two attached hydrogens (primary N) is 1. The van der Waals surface area contributed by atoms with Gasteiger partial charge in [-0.25, -0.2) is 17.6 Å². The molecule has 0 aliphatic carbocycles. The maximum absolute atomic E-state index is 13.4. The molecule has 5 nitrogen and oxygen atoms in total. The number of carbonyl (C=O) groups excluding carboxylic acids is 1. The number of nitrogens with one attached hydrogen (secondary N) is 1. The SMILES string of the molecule is Cc1ccc(S(=O)(=O)C(NC(N)=O)c2cccc(F)c2)cc1. The molecule has 2 rings (SSSR count). The fraction of sp³-hybridized carbons (Fsp3) is 0.133. The predicted molar refractivity (Wildman–Crippen MR) is 80.2 cm³/mol. The normalized spacial score (nSPS) is 12.6. The van der Waals surface area contributed by atoms with Gasteiger partial charge in [-0.1, -0.05) is 29.8 Å². The van der Waals surface area contributed by atoms with Gasteiger partial charge in [-0.3, -0.25) is 0 Å². The number of carbonyl (C=O) groups is 1. The zero-order valence-corrected chi connectivity index (χ0v) is 12.6. The fourth-order valence-electron chi connectivity index (χ4n) is 2.00. The number of sulfone groups is 1. The van der Waals surface area contributed by atoms with E-state index in [1.165, 1.54) is 30.3 Å². The molecule has 2 aromatic rings. The third-order valence-corrected chi connectivity index (χ3v) is 5.02. The van der Waals surface area contributed by atoms with Gasteiger partial charge in [0, 0.05) is 0 Å². The highest BCUT2D eigenvalue weighted by atomic mass is 32.2. The van der Waals surface area contributed by atoms with Crippen molar-refractivity contribution in [3.05, 3.63) is 65.5 Å². The Balaban J connectivity index is 2.53. The van der Waals surface area contributed by atoms with Crippen molar-refractivity contribution >= 4 is 15.9 Å². The summed E-state index contributed by atoms with van der Waals surface area (Å²) in [6, 6.07) is 10.1. The number of amides is 2. The molecule has 0 fully saturated rings. The van der Waals surface area contributed by atoms with Gasteiger partial charge >= 0.3 is 6.03 Å². The smallest absolute Gasteiger partial charge is 0.313 e. The van der Waals surface area contributed by atoms with E-state index < -0.39 is 27.1 Å². The van der Waals surface area contributed by atoms with Crippen LogP contribution in [-0.2, 0) is 9.84 Å². The Labute approximate surface area is 127 Å². The van der Waals surface area contributed by atoms with Crippen LogP contribution in [0.2, 0.25) is 0 Å². The summed E-state index contributed by atoms with van der Waals surface area (Å²) in [4.78, 5) is 11.2. The largest absolute Gasteiger partial charge is 0.352 e. The summed E-state index contributed by atoms with van der Waals surface area (Å²) in [5, 5.41) is 0.706. The quantitative estimate of drug-likeness (QED) is 0.905. The van der Waals surface area contributed by atoms with E-state index in [0.717, 1.165) is 11.6 Å². The molecule has 0 radical (unpaired) electrons. The van der Waals surface area contributed by atoms with Crippen molar-refractivity contribution in [1.29, 1.82) is 0 Å². The summed E-state index contributed by atoms with van der Waals surface area (Å²) >= 11 is 0. The Morgan fingerprint density at radius 2 is 1.82 bits per heavy atom. The third kappa shape index (κ3) is 3.43. The van der Waals surface area contributed by atoms with Gasteiger partial charge in [0.05, 0.1) is 4.90 Å². The molecule has 3 N–H and O–H groups in total. The molecule has 0 saturated heterocycles. The molecular weight excluding hydrogens is 307 g/mol. The van der Waals surface area contributed by atoms with Crippen molar-refractivity contribution < 1.29 is 17.6 Å². The Morgan fingerprint density at radius 1 is 1.18 bits per heavy atom. The first kappa shape index (κ1) is 16.0. The first-order chi connectivity index (χ1) is 10.3. The van der Waals surface area contributed by atoms with Crippen molar-refractivity contribution in [2.24, 2.45) is 5.73 Å². The molecule has 2 amide bonds. The summed E-state index contributed by atoms with van der Waals surface area (Å²) in [6.45, 7) is 1.82. The molecule has 0 aliphatic heterocycles. The first-order valence-electron chi connectivity index (χ1n) is 6.43. The lowest BCUT2D eigenvalue weighted by Gasteiger charge is -2.19. The minimum atomic E-state index is -3.96. The molecule has 7 heteroatoms. The van der Waals surface area contributed by atoms with Gasteiger partial charge in [-0.05, 0) is 36.8 Å². The maximum Gasteiger partial charge on any atom is 0.313 e. The molecule has 1 unspecified atom stereocenters. The van der Waals surface area contributed by atoms with Crippen molar-refractivity contribution in [1.82, 2.24) is 5.32 Å². The molecule has 2 aromatic carbocycles. The molecule has 0 aliphatic rings. The summed E-state index contributed by atoms with van der Waals surface area (Å²) in [7, 11) is -3.96. The van der Waals surface area contributed by atoms with Gasteiger partial charge in [-0.15, -0.1) is 0 Å². The van der Waals surface area contributed by atoms with Crippen LogP contribution in [0.5, 0.6) is 0 Å². The average molecular weight is 322 g/mol. The van der Waals surface area contributed by atoms with Crippen molar-refractivity contribution in [2.75, 3.05) is 0 Å². The van der Waals surface area contributed by atoms with E-state index in [4.69, 9.17) is 5.73 Å². The number of hydrogen-bond acceptors (Lipinski definition) is 3. The summed E-state index contributed by atoms with van der Waals surface area (Å²) in [5.41, 5.74) is 6.05. The van der Waals surface area contributed by atoms with E-state index in [1.54, 1.807) is 12.1 Å². The van der Waals surface area contributed by atoms with Crippen LogP contribution in [0.15, 0.2) is 53.4 Å². The van der Waals surface area contributed by atoms with Crippen LogP contribution in [0.3, 0.4) is 0 Å². The zero-order valence-electron chi connectivity index (χ0n) is 11.8. The molecule has 0 spiro atoms. The Morgan fingerprint density at radius 3 is 2.36 bits per heavy atom. The molecule has 22 heavy (non-hydrogen) atoms. The van der Waals surface area contributed by atoms with Crippen LogP contribution in [0.1, 0.15) is 16.5 Å². The highest BCUT2D eigenvalue weighted by Gasteiger charge is 2.30. The van der Waals surface area contributed by atoms with Crippen LogP contribution < -0.4 is 11.1 Å². The minimum absolute atomic E-state index is 0.0149. The van der Waals surface area contributed by atoms with Crippen LogP contribution in [-0.4, -0.2) is 14.4 Å². The van der Waals surface area contributed by atoms with Crippen LogP contribution >= 0.6 is 0 Å². The van der Waals surface area contributed by atoms with Gasteiger partial charge in [0.25, 0.3) is 0 Å². The average Bonchev–Trinajstić information content (AvgIpc) is 2.45. The van der Waals surface area contributed by atoms with Gasteiger partial charge in [0.15, 0.2) is 5.37 Å². The van der Waals surface area contributed by atoms with E-state index in [1.807, 2.05) is 6.92 Å². The highest BCUT2D eigenvalue weighted by molar-refractivity contribution is 7.91. The standard InChI is InChI=1S/C15H15FN2O3S/c1-10-5-7-13(8-6-10)22(20,21)14(18-15(17)19)11-3-2-4-12(16)9-11/h2-9,14H,1H3,(H3,17,18,19). The Kier molecular flexibility index (Phi) is 4.46. The number of halogens is 1. The van der Waals surface area contributed by atoms with E-state index in [-0.39, 0.29) is 10.5 Å². The number of hydrogen-bond donors (Lipinski definition) is 2. The number of urea groups is 1. The maximum atomic E-state index is 13.4. The summed E-state index contributed by atoms with van der Waals surface area (Å²) in [5.74, 6) is -0.604. The minimum Gasteiger partial charge on any atom is -0.352 e. The molecule has 0 saturated carbocycles. The van der Waals surface area contributed by atoms with Gasteiger partial charge in [0.2, 0.25) is 9.84 Å².